The Balaban J connectivity index is 2.06. The number of carbonyl (C=O) groups excluding carboxylic acids is 1. The van der Waals surface area contributed by atoms with E-state index in [9.17, 15) is 9.18 Å². The number of hydrogen-bond acceptors (Lipinski definition) is 3. The van der Waals surface area contributed by atoms with Gasteiger partial charge in [-0.05, 0) is 31.2 Å². The summed E-state index contributed by atoms with van der Waals surface area (Å²) in [6.07, 6.45) is 0. The molecular formula is C13H10ClFO2S. The molecule has 0 aliphatic heterocycles. The number of rotatable bonds is 4. The fraction of sp³-hybridized carbons (Fsp3) is 0.154. The number of benzene rings is 1. The van der Waals surface area contributed by atoms with Crippen LogP contribution in [0.15, 0.2) is 30.3 Å². The van der Waals surface area contributed by atoms with Gasteiger partial charge < -0.3 is 4.74 Å². The van der Waals surface area contributed by atoms with E-state index in [-0.39, 0.29) is 23.2 Å². The van der Waals surface area contributed by atoms with Crippen LogP contribution in [0, 0.1) is 12.7 Å². The van der Waals surface area contributed by atoms with Gasteiger partial charge >= 0.3 is 0 Å². The van der Waals surface area contributed by atoms with Crippen molar-refractivity contribution in [2.45, 2.75) is 6.92 Å². The SMILES string of the molecule is Cc1ccc(C(=O)COc2c(F)cccc2Cl)s1. The summed E-state index contributed by atoms with van der Waals surface area (Å²) in [5.74, 6) is -0.842. The van der Waals surface area contributed by atoms with Gasteiger partial charge in [-0.3, -0.25) is 4.79 Å². The zero-order valence-electron chi connectivity index (χ0n) is 9.57. The molecule has 0 unspecified atom stereocenters. The van der Waals surface area contributed by atoms with Crippen LogP contribution < -0.4 is 4.74 Å². The predicted octanol–water partition coefficient (Wildman–Crippen LogP) is 4.11. The summed E-state index contributed by atoms with van der Waals surface area (Å²) < 4.78 is 18.5. The van der Waals surface area contributed by atoms with Crippen LogP contribution in [-0.4, -0.2) is 12.4 Å². The Morgan fingerprint density at radius 3 is 2.78 bits per heavy atom. The van der Waals surface area contributed by atoms with Crippen LogP contribution in [0.3, 0.4) is 0 Å². The largest absolute Gasteiger partial charge is 0.481 e. The minimum Gasteiger partial charge on any atom is -0.481 e. The molecular weight excluding hydrogens is 275 g/mol. The molecule has 0 aliphatic rings. The zero-order chi connectivity index (χ0) is 13.1. The van der Waals surface area contributed by atoms with Gasteiger partial charge in [-0.1, -0.05) is 17.7 Å². The Labute approximate surface area is 113 Å². The third kappa shape index (κ3) is 2.89. The van der Waals surface area contributed by atoms with Crippen LogP contribution >= 0.6 is 22.9 Å². The summed E-state index contributed by atoms with van der Waals surface area (Å²) in [4.78, 5) is 13.4. The molecule has 2 aromatic rings. The highest BCUT2D eigenvalue weighted by Gasteiger charge is 2.13. The fourth-order valence-corrected chi connectivity index (χ4v) is 2.42. The van der Waals surface area contributed by atoms with E-state index >= 15 is 0 Å². The maximum atomic E-state index is 13.4. The molecule has 0 saturated carbocycles. The fourth-order valence-electron chi connectivity index (χ4n) is 1.41. The van der Waals surface area contributed by atoms with E-state index in [1.807, 2.05) is 13.0 Å². The highest BCUT2D eigenvalue weighted by atomic mass is 35.5. The molecule has 0 radical (unpaired) electrons. The van der Waals surface area contributed by atoms with Gasteiger partial charge in [0.1, 0.15) is 0 Å². The highest BCUT2D eigenvalue weighted by Crippen LogP contribution is 2.27. The standard InChI is InChI=1S/C13H10ClFO2S/c1-8-5-6-12(18-8)11(16)7-17-13-9(14)3-2-4-10(13)15/h2-6H,7H2,1H3. The van der Waals surface area contributed by atoms with Gasteiger partial charge in [-0.25, -0.2) is 4.39 Å². The lowest BCUT2D eigenvalue weighted by Crippen LogP contribution is -2.11. The lowest BCUT2D eigenvalue weighted by molar-refractivity contribution is 0.0923. The molecule has 0 amide bonds. The number of ether oxygens (including phenoxy) is 1. The number of Topliss-reactive ketones (excluding diaryl/α,β-unsaturated/α-hetero) is 1. The van der Waals surface area contributed by atoms with Gasteiger partial charge in [0.2, 0.25) is 5.78 Å². The molecule has 2 nitrogen and oxygen atoms in total. The van der Waals surface area contributed by atoms with Crippen LogP contribution in [0.1, 0.15) is 14.5 Å². The molecule has 1 heterocycles. The number of carbonyl (C=O) groups is 1. The lowest BCUT2D eigenvalue weighted by atomic mass is 10.3. The monoisotopic (exact) mass is 284 g/mol. The Morgan fingerprint density at radius 1 is 1.39 bits per heavy atom. The Hall–Kier alpha value is -1.39. The predicted molar refractivity (Wildman–Crippen MR) is 70.3 cm³/mol. The molecule has 0 N–H and O–H groups in total. The first-order valence-corrected chi connectivity index (χ1v) is 6.44. The average molecular weight is 285 g/mol. The molecule has 0 aliphatic carbocycles. The molecule has 1 aromatic carbocycles. The van der Waals surface area contributed by atoms with Crippen molar-refractivity contribution in [1.82, 2.24) is 0 Å². The smallest absolute Gasteiger partial charge is 0.210 e. The van der Waals surface area contributed by atoms with Crippen molar-refractivity contribution in [3.63, 3.8) is 0 Å². The van der Waals surface area contributed by atoms with Crippen LogP contribution in [0.2, 0.25) is 5.02 Å². The van der Waals surface area contributed by atoms with Gasteiger partial charge in [0.05, 0.1) is 9.90 Å². The van der Waals surface area contributed by atoms with Crippen LogP contribution in [0.25, 0.3) is 0 Å². The zero-order valence-corrected chi connectivity index (χ0v) is 11.1. The molecule has 0 atom stereocenters. The minimum absolute atomic E-state index is 0.0826. The van der Waals surface area contributed by atoms with Crippen molar-refractivity contribution in [2.75, 3.05) is 6.61 Å². The molecule has 0 spiro atoms. The minimum atomic E-state index is -0.572. The molecule has 94 valence electrons. The summed E-state index contributed by atoms with van der Waals surface area (Å²) in [6.45, 7) is 1.69. The van der Waals surface area contributed by atoms with Gasteiger partial charge in [0, 0.05) is 4.88 Å². The van der Waals surface area contributed by atoms with Crippen LogP contribution in [-0.2, 0) is 0 Å². The van der Waals surface area contributed by atoms with Crippen molar-refractivity contribution in [3.05, 3.63) is 50.9 Å². The average Bonchev–Trinajstić information content (AvgIpc) is 2.75. The van der Waals surface area contributed by atoms with Gasteiger partial charge in [0.25, 0.3) is 0 Å². The Morgan fingerprint density at radius 2 is 2.17 bits per heavy atom. The van der Waals surface area contributed by atoms with Crippen LogP contribution in [0.4, 0.5) is 4.39 Å². The highest BCUT2D eigenvalue weighted by molar-refractivity contribution is 7.14. The summed E-state index contributed by atoms with van der Waals surface area (Å²) in [5, 5.41) is 0.158. The number of hydrogen-bond donors (Lipinski definition) is 0. The third-order valence-electron chi connectivity index (χ3n) is 2.28. The van der Waals surface area contributed by atoms with E-state index in [2.05, 4.69) is 0 Å². The second kappa shape index (κ2) is 5.50. The molecule has 5 heteroatoms. The van der Waals surface area contributed by atoms with Gasteiger partial charge in [-0.2, -0.15) is 0 Å². The number of ketones is 1. The quantitative estimate of drug-likeness (QED) is 0.790. The maximum Gasteiger partial charge on any atom is 0.210 e. The van der Waals surface area contributed by atoms with E-state index in [1.165, 1.54) is 29.5 Å². The number of thiophene rings is 1. The van der Waals surface area contributed by atoms with Crippen molar-refractivity contribution in [3.8, 4) is 5.75 Å². The first kappa shape index (κ1) is 13.1. The Kier molecular flexibility index (Phi) is 3.99. The van der Waals surface area contributed by atoms with E-state index in [0.717, 1.165) is 4.88 Å². The number of aryl methyl sites for hydroxylation is 1. The van der Waals surface area contributed by atoms with E-state index in [0.29, 0.717) is 4.88 Å². The summed E-state index contributed by atoms with van der Waals surface area (Å²) >= 11 is 7.17. The van der Waals surface area contributed by atoms with Crippen molar-refractivity contribution < 1.29 is 13.9 Å². The number of para-hydroxylation sites is 1. The maximum absolute atomic E-state index is 13.4. The normalized spacial score (nSPS) is 10.4. The summed E-state index contributed by atoms with van der Waals surface area (Å²) in [5.41, 5.74) is 0. The molecule has 1 aromatic heterocycles. The summed E-state index contributed by atoms with van der Waals surface area (Å²) in [7, 11) is 0. The van der Waals surface area contributed by atoms with Gasteiger partial charge in [0.15, 0.2) is 18.2 Å². The van der Waals surface area contributed by atoms with E-state index in [4.69, 9.17) is 16.3 Å². The first-order valence-electron chi connectivity index (χ1n) is 5.24. The lowest BCUT2D eigenvalue weighted by Gasteiger charge is -2.07. The third-order valence-corrected chi connectivity index (χ3v) is 3.62. The molecule has 2 rings (SSSR count). The summed E-state index contributed by atoms with van der Waals surface area (Å²) in [6, 6.07) is 7.82. The van der Waals surface area contributed by atoms with E-state index in [1.54, 1.807) is 6.07 Å². The molecule has 0 fully saturated rings. The van der Waals surface area contributed by atoms with Gasteiger partial charge in [-0.15, -0.1) is 11.3 Å². The molecule has 18 heavy (non-hydrogen) atoms. The van der Waals surface area contributed by atoms with Crippen molar-refractivity contribution >= 4 is 28.7 Å². The topological polar surface area (TPSA) is 26.3 Å². The van der Waals surface area contributed by atoms with Crippen molar-refractivity contribution in [2.24, 2.45) is 0 Å². The first-order chi connectivity index (χ1) is 8.58. The van der Waals surface area contributed by atoms with Crippen molar-refractivity contribution in [1.29, 1.82) is 0 Å². The molecule has 0 saturated heterocycles. The van der Waals surface area contributed by atoms with Crippen LogP contribution in [0.5, 0.6) is 5.75 Å². The Bertz CT molecular complexity index is 560. The molecule has 0 bridgehead atoms. The van der Waals surface area contributed by atoms with E-state index < -0.39 is 5.82 Å². The number of halogens is 2. The second-order valence-electron chi connectivity index (χ2n) is 3.67. The second-order valence-corrected chi connectivity index (χ2v) is 5.37.